The highest BCUT2D eigenvalue weighted by Crippen LogP contribution is 2.42. The number of hydrogen-bond acceptors (Lipinski definition) is 1. The lowest BCUT2D eigenvalue weighted by Gasteiger charge is -2.33. The summed E-state index contributed by atoms with van der Waals surface area (Å²) in [6, 6.07) is 0.671. The van der Waals surface area contributed by atoms with E-state index in [0.29, 0.717) is 11.5 Å². The van der Waals surface area contributed by atoms with E-state index in [0.717, 1.165) is 11.8 Å². The molecule has 1 saturated carbocycles. The molecule has 0 saturated heterocycles. The van der Waals surface area contributed by atoms with Crippen LogP contribution in [-0.2, 0) is 0 Å². The first kappa shape index (κ1) is 15.0. The van der Waals surface area contributed by atoms with Gasteiger partial charge in [-0.1, -0.05) is 47.0 Å². The van der Waals surface area contributed by atoms with E-state index in [2.05, 4.69) is 39.9 Å². The normalized spacial score (nSPS) is 22.9. The summed E-state index contributed by atoms with van der Waals surface area (Å²) >= 11 is 0. The molecule has 1 rings (SSSR count). The van der Waals surface area contributed by atoms with Crippen LogP contribution < -0.4 is 5.32 Å². The molecular formula is C16H33N. The van der Waals surface area contributed by atoms with Crippen molar-refractivity contribution in [2.24, 2.45) is 17.3 Å². The Morgan fingerprint density at radius 1 is 1.06 bits per heavy atom. The summed E-state index contributed by atoms with van der Waals surface area (Å²) < 4.78 is 0. The van der Waals surface area contributed by atoms with Crippen molar-refractivity contribution in [3.63, 3.8) is 0 Å². The van der Waals surface area contributed by atoms with Crippen LogP contribution in [0.2, 0.25) is 0 Å². The lowest BCUT2D eigenvalue weighted by molar-refractivity contribution is 0.207. The molecular weight excluding hydrogens is 206 g/mol. The molecule has 1 N–H and O–H groups in total. The number of hydrogen-bond donors (Lipinski definition) is 1. The fourth-order valence-corrected chi connectivity index (χ4v) is 3.38. The summed E-state index contributed by atoms with van der Waals surface area (Å²) in [5.74, 6) is 1.64. The van der Waals surface area contributed by atoms with Gasteiger partial charge in [0.05, 0.1) is 0 Å². The SMILES string of the molecule is CCC(C)C(C)NCC1(CC(C)C)CCCC1. The average molecular weight is 239 g/mol. The smallest absolute Gasteiger partial charge is 0.00644 e. The Kier molecular flexibility index (Phi) is 5.99. The minimum Gasteiger partial charge on any atom is -0.313 e. The summed E-state index contributed by atoms with van der Waals surface area (Å²) in [7, 11) is 0. The van der Waals surface area contributed by atoms with Gasteiger partial charge in [0.1, 0.15) is 0 Å². The highest BCUT2D eigenvalue weighted by Gasteiger charge is 2.34. The summed E-state index contributed by atoms with van der Waals surface area (Å²) in [6.07, 6.45) is 8.49. The second kappa shape index (κ2) is 6.78. The van der Waals surface area contributed by atoms with Crippen LogP contribution in [-0.4, -0.2) is 12.6 Å². The first-order valence-corrected chi connectivity index (χ1v) is 7.72. The van der Waals surface area contributed by atoms with Crippen molar-refractivity contribution >= 4 is 0 Å². The predicted octanol–water partition coefficient (Wildman–Crippen LogP) is 4.62. The molecule has 1 nitrogen and oxygen atoms in total. The van der Waals surface area contributed by atoms with E-state index in [4.69, 9.17) is 0 Å². The molecule has 1 aliphatic carbocycles. The lowest BCUT2D eigenvalue weighted by Crippen LogP contribution is -2.40. The Balaban J connectivity index is 2.44. The van der Waals surface area contributed by atoms with Gasteiger partial charge in [0.2, 0.25) is 0 Å². The molecule has 0 aromatic heterocycles. The van der Waals surface area contributed by atoms with Crippen LogP contribution in [0, 0.1) is 17.3 Å². The van der Waals surface area contributed by atoms with E-state index in [1.54, 1.807) is 0 Å². The molecule has 0 amide bonds. The van der Waals surface area contributed by atoms with Crippen LogP contribution in [0.4, 0.5) is 0 Å². The fraction of sp³-hybridized carbons (Fsp3) is 1.00. The molecule has 2 unspecified atom stereocenters. The Hall–Kier alpha value is -0.0400. The Bertz CT molecular complexity index is 204. The molecule has 0 aromatic carbocycles. The maximum atomic E-state index is 3.82. The molecule has 2 atom stereocenters. The second-order valence-corrected chi connectivity index (χ2v) is 6.86. The molecule has 0 heterocycles. The van der Waals surface area contributed by atoms with Crippen molar-refractivity contribution < 1.29 is 0 Å². The van der Waals surface area contributed by atoms with E-state index >= 15 is 0 Å². The Morgan fingerprint density at radius 2 is 1.65 bits per heavy atom. The third-order valence-corrected chi connectivity index (χ3v) is 4.80. The van der Waals surface area contributed by atoms with Crippen LogP contribution in [0.3, 0.4) is 0 Å². The predicted molar refractivity (Wildman–Crippen MR) is 77.3 cm³/mol. The zero-order valence-corrected chi connectivity index (χ0v) is 12.7. The van der Waals surface area contributed by atoms with Crippen LogP contribution in [0.1, 0.15) is 73.1 Å². The molecule has 0 aliphatic heterocycles. The van der Waals surface area contributed by atoms with Crippen molar-refractivity contribution in [3.8, 4) is 0 Å². The second-order valence-electron chi connectivity index (χ2n) is 6.86. The molecule has 0 spiro atoms. The summed E-state index contributed by atoms with van der Waals surface area (Å²) in [5, 5.41) is 3.82. The fourth-order valence-electron chi connectivity index (χ4n) is 3.38. The van der Waals surface area contributed by atoms with Gasteiger partial charge in [0.25, 0.3) is 0 Å². The molecule has 102 valence electrons. The van der Waals surface area contributed by atoms with E-state index in [9.17, 15) is 0 Å². The van der Waals surface area contributed by atoms with E-state index in [1.165, 1.54) is 45.1 Å². The average Bonchev–Trinajstić information content (AvgIpc) is 2.73. The van der Waals surface area contributed by atoms with E-state index in [-0.39, 0.29) is 0 Å². The minimum absolute atomic E-state index is 0.621. The number of rotatable bonds is 7. The van der Waals surface area contributed by atoms with Crippen molar-refractivity contribution in [3.05, 3.63) is 0 Å². The largest absolute Gasteiger partial charge is 0.313 e. The van der Waals surface area contributed by atoms with Crippen LogP contribution in [0.25, 0.3) is 0 Å². The van der Waals surface area contributed by atoms with Gasteiger partial charge in [0.15, 0.2) is 0 Å². The first-order chi connectivity index (χ1) is 7.99. The van der Waals surface area contributed by atoms with Gasteiger partial charge < -0.3 is 5.32 Å². The maximum Gasteiger partial charge on any atom is 0.00644 e. The summed E-state index contributed by atoms with van der Waals surface area (Å²) in [5.41, 5.74) is 0.621. The van der Waals surface area contributed by atoms with Gasteiger partial charge in [0, 0.05) is 12.6 Å². The monoisotopic (exact) mass is 239 g/mol. The molecule has 0 radical (unpaired) electrons. The molecule has 0 aromatic rings. The zero-order valence-electron chi connectivity index (χ0n) is 12.7. The third-order valence-electron chi connectivity index (χ3n) is 4.80. The van der Waals surface area contributed by atoms with Gasteiger partial charge >= 0.3 is 0 Å². The Morgan fingerprint density at radius 3 is 2.12 bits per heavy atom. The van der Waals surface area contributed by atoms with Crippen molar-refractivity contribution in [2.75, 3.05) is 6.54 Å². The van der Waals surface area contributed by atoms with Crippen molar-refractivity contribution in [1.29, 1.82) is 0 Å². The third kappa shape index (κ3) is 4.62. The van der Waals surface area contributed by atoms with Gasteiger partial charge in [-0.2, -0.15) is 0 Å². The summed E-state index contributed by atoms with van der Waals surface area (Å²) in [4.78, 5) is 0. The van der Waals surface area contributed by atoms with Crippen LogP contribution in [0.5, 0.6) is 0 Å². The minimum atomic E-state index is 0.621. The van der Waals surface area contributed by atoms with Gasteiger partial charge in [-0.05, 0) is 43.4 Å². The standard InChI is InChI=1S/C16H33N/c1-6-14(4)15(5)17-12-16(11-13(2)3)9-7-8-10-16/h13-15,17H,6-12H2,1-5H3. The van der Waals surface area contributed by atoms with Crippen LogP contribution >= 0.6 is 0 Å². The van der Waals surface area contributed by atoms with Crippen molar-refractivity contribution in [1.82, 2.24) is 5.32 Å². The maximum absolute atomic E-state index is 3.82. The zero-order chi connectivity index (χ0) is 12.9. The van der Waals surface area contributed by atoms with E-state index in [1.807, 2.05) is 0 Å². The topological polar surface area (TPSA) is 12.0 Å². The van der Waals surface area contributed by atoms with Gasteiger partial charge in [-0.25, -0.2) is 0 Å². The Labute approximate surface area is 109 Å². The van der Waals surface area contributed by atoms with E-state index < -0.39 is 0 Å². The van der Waals surface area contributed by atoms with Crippen molar-refractivity contribution in [2.45, 2.75) is 79.2 Å². The van der Waals surface area contributed by atoms with Gasteiger partial charge in [-0.15, -0.1) is 0 Å². The summed E-state index contributed by atoms with van der Waals surface area (Å²) in [6.45, 7) is 13.0. The molecule has 1 fully saturated rings. The molecule has 1 heteroatoms. The molecule has 1 aliphatic rings. The van der Waals surface area contributed by atoms with Gasteiger partial charge in [-0.3, -0.25) is 0 Å². The highest BCUT2D eigenvalue weighted by atomic mass is 14.9. The molecule has 17 heavy (non-hydrogen) atoms. The number of nitrogens with one attached hydrogen (secondary N) is 1. The first-order valence-electron chi connectivity index (χ1n) is 7.72. The molecule has 0 bridgehead atoms. The highest BCUT2D eigenvalue weighted by molar-refractivity contribution is 4.88. The lowest BCUT2D eigenvalue weighted by atomic mass is 9.78. The quantitative estimate of drug-likeness (QED) is 0.683. The van der Waals surface area contributed by atoms with Crippen LogP contribution in [0.15, 0.2) is 0 Å².